The third-order valence-corrected chi connectivity index (χ3v) is 5.03. The van der Waals surface area contributed by atoms with Crippen molar-refractivity contribution in [1.82, 2.24) is 25.5 Å². The highest BCUT2D eigenvalue weighted by Crippen LogP contribution is 2.29. The lowest BCUT2D eigenvalue weighted by Crippen LogP contribution is -2.34. The molecule has 34 heavy (non-hydrogen) atoms. The normalized spacial score (nSPS) is 15.2. The van der Waals surface area contributed by atoms with Crippen molar-refractivity contribution in [1.29, 1.82) is 0 Å². The third kappa shape index (κ3) is 4.66. The number of aromatic amines is 1. The largest absolute Gasteiger partial charge is 0.484 e. The number of carbonyl (C=O) groups is 1. The van der Waals surface area contributed by atoms with Crippen LogP contribution in [0.15, 0.2) is 72.9 Å². The number of carbonyl (C=O) groups excluding carboxylic acids is 1. The summed E-state index contributed by atoms with van der Waals surface area (Å²) in [6.45, 7) is -7.30. The van der Waals surface area contributed by atoms with Crippen LogP contribution in [-0.2, 0) is 4.79 Å². The number of benzene rings is 3. The number of hydrogen-bond donors (Lipinski definition) is 3. The van der Waals surface area contributed by atoms with E-state index in [1.807, 2.05) is 42.5 Å². The van der Waals surface area contributed by atoms with E-state index >= 15 is 0 Å². The summed E-state index contributed by atoms with van der Waals surface area (Å²) >= 11 is 0. The first-order valence-electron chi connectivity index (χ1n) is 13.9. The van der Waals surface area contributed by atoms with Gasteiger partial charge in [-0.3, -0.25) is 9.89 Å². The Bertz CT molecular complexity index is 1720. The fraction of sp³-hybridized carbons (Fsp3) is 0.154. The Morgan fingerprint density at radius 2 is 2.03 bits per heavy atom. The summed E-state index contributed by atoms with van der Waals surface area (Å²) in [7, 11) is 0. The fourth-order valence-corrected chi connectivity index (χ4v) is 3.51. The van der Waals surface area contributed by atoms with Gasteiger partial charge in [-0.25, -0.2) is 9.97 Å². The molecule has 3 N–H and O–H groups in total. The Balaban J connectivity index is 1.38. The molecule has 0 aliphatic rings. The van der Waals surface area contributed by atoms with Gasteiger partial charge in [0.05, 0.1) is 18.6 Å². The minimum atomic E-state index is -3.29. The smallest absolute Gasteiger partial charge is 0.258 e. The first kappa shape index (κ1) is 14.6. The molecule has 0 saturated carbocycles. The highest BCUT2D eigenvalue weighted by molar-refractivity contribution is 5.93. The van der Waals surface area contributed by atoms with Crippen molar-refractivity contribution in [3.63, 3.8) is 0 Å². The van der Waals surface area contributed by atoms with Crippen LogP contribution in [-0.4, -0.2) is 38.7 Å². The number of rotatable bonds is 7. The quantitative estimate of drug-likeness (QED) is 0.322. The molecular weight excluding hydrogens is 428 g/mol. The number of anilines is 2. The van der Waals surface area contributed by atoms with Gasteiger partial charge in [0.25, 0.3) is 5.91 Å². The van der Waals surface area contributed by atoms with Crippen molar-refractivity contribution in [2.75, 3.05) is 11.9 Å². The van der Waals surface area contributed by atoms with Gasteiger partial charge in [0.15, 0.2) is 12.4 Å². The summed E-state index contributed by atoms with van der Waals surface area (Å²) in [4.78, 5) is 21.8. The summed E-state index contributed by atoms with van der Waals surface area (Å²) in [6.07, 6.45) is 1.73. The summed E-state index contributed by atoms with van der Waals surface area (Å²) in [5.74, 6) is 0.106. The molecule has 2 heterocycles. The molecule has 8 heteroatoms. The Morgan fingerprint density at radius 1 is 1.12 bits per heavy atom. The van der Waals surface area contributed by atoms with Gasteiger partial charge in [-0.1, -0.05) is 24.3 Å². The summed E-state index contributed by atoms with van der Waals surface area (Å²) < 4.78 is 58.1. The van der Waals surface area contributed by atoms with Crippen LogP contribution in [0.2, 0.25) is 0 Å². The molecule has 0 radical (unpaired) electrons. The number of H-pyrrole nitrogens is 1. The van der Waals surface area contributed by atoms with Crippen LogP contribution >= 0.6 is 0 Å². The highest BCUT2D eigenvalue weighted by Gasteiger charge is 2.12. The number of fused-ring (bicyclic) bond motifs is 2. The minimum Gasteiger partial charge on any atom is -0.484 e. The zero-order valence-electron chi connectivity index (χ0n) is 24.8. The van der Waals surface area contributed by atoms with Crippen LogP contribution in [0, 0.1) is 0 Å². The average Bonchev–Trinajstić information content (AvgIpc) is 3.39. The number of amides is 1. The Kier molecular flexibility index (Phi) is 3.96. The molecule has 2 aromatic heterocycles. The molecule has 170 valence electrons. The topological polar surface area (TPSA) is 105 Å². The number of para-hydroxylation sites is 1. The zero-order valence-corrected chi connectivity index (χ0v) is 17.8. The Morgan fingerprint density at radius 3 is 2.94 bits per heavy atom. The number of nitrogens with zero attached hydrogens (tertiary/aromatic N) is 3. The van der Waals surface area contributed by atoms with Crippen LogP contribution in [0.4, 0.5) is 11.5 Å². The van der Waals surface area contributed by atoms with Crippen molar-refractivity contribution in [3.05, 3.63) is 72.9 Å². The fourth-order valence-electron chi connectivity index (χ4n) is 3.51. The second-order valence-electron chi connectivity index (χ2n) is 7.45. The molecule has 5 aromatic rings. The molecule has 5 rings (SSSR count). The van der Waals surface area contributed by atoms with Gasteiger partial charge in [0.1, 0.15) is 11.6 Å². The monoisotopic (exact) mass is 459 g/mol. The van der Waals surface area contributed by atoms with Gasteiger partial charge < -0.3 is 15.4 Å². The van der Waals surface area contributed by atoms with E-state index in [9.17, 15) is 4.79 Å². The number of aromatic nitrogens is 4. The third-order valence-electron chi connectivity index (χ3n) is 5.03. The Hall–Kier alpha value is -4.46. The maximum Gasteiger partial charge on any atom is 0.258 e. The lowest BCUT2D eigenvalue weighted by atomic mass is 10.1. The summed E-state index contributed by atoms with van der Waals surface area (Å²) in [6, 6.07) is 16.7. The molecule has 3 aromatic carbocycles. The maximum atomic E-state index is 12.4. The van der Waals surface area contributed by atoms with E-state index in [2.05, 4.69) is 20.5 Å². The molecule has 0 spiro atoms. The first-order chi connectivity index (χ1) is 19.3. The SMILES string of the molecule is [2H]C([2H])([2H])C([2H])(NC(=O)COc1cccc(-c2nc(Nc3ccc4[nH]ncc4c3)c3ccccc3n2)c1)C([2H])([2H])[2H]. The van der Waals surface area contributed by atoms with Gasteiger partial charge in [-0.15, -0.1) is 0 Å². The second kappa shape index (κ2) is 9.19. The Labute approximate surface area is 206 Å². The van der Waals surface area contributed by atoms with Gasteiger partial charge in [0.2, 0.25) is 0 Å². The van der Waals surface area contributed by atoms with E-state index in [-0.39, 0.29) is 5.75 Å². The highest BCUT2D eigenvalue weighted by atomic mass is 16.5. The predicted molar refractivity (Wildman–Crippen MR) is 133 cm³/mol. The van der Waals surface area contributed by atoms with E-state index in [0.29, 0.717) is 22.7 Å². The average molecular weight is 460 g/mol. The first-order valence-corrected chi connectivity index (χ1v) is 10.4. The second-order valence-corrected chi connectivity index (χ2v) is 7.45. The molecule has 0 atom stereocenters. The van der Waals surface area contributed by atoms with Gasteiger partial charge >= 0.3 is 0 Å². The van der Waals surface area contributed by atoms with E-state index in [1.54, 1.807) is 35.8 Å². The number of ether oxygens (including phenoxy) is 1. The summed E-state index contributed by atoms with van der Waals surface area (Å²) in [5, 5.41) is 13.8. The van der Waals surface area contributed by atoms with Gasteiger partial charge in [-0.2, -0.15) is 5.10 Å². The van der Waals surface area contributed by atoms with Crippen LogP contribution in [0.5, 0.6) is 5.75 Å². The predicted octanol–water partition coefficient (Wildman–Crippen LogP) is 4.82. The lowest BCUT2D eigenvalue weighted by molar-refractivity contribution is -0.123. The molecule has 0 aliphatic carbocycles. The molecule has 1 amide bonds. The van der Waals surface area contributed by atoms with Crippen molar-refractivity contribution in [3.8, 4) is 17.1 Å². The van der Waals surface area contributed by atoms with E-state index in [4.69, 9.17) is 19.3 Å². The zero-order chi connectivity index (χ0) is 29.4. The van der Waals surface area contributed by atoms with Crippen LogP contribution in [0.25, 0.3) is 33.2 Å². The van der Waals surface area contributed by atoms with Crippen LogP contribution in [0.3, 0.4) is 0 Å². The van der Waals surface area contributed by atoms with E-state index in [1.165, 1.54) is 0 Å². The number of nitrogens with one attached hydrogen (secondary N) is 3. The van der Waals surface area contributed by atoms with Crippen molar-refractivity contribution >= 4 is 39.2 Å². The molecule has 0 unspecified atom stereocenters. The van der Waals surface area contributed by atoms with Crippen LogP contribution < -0.4 is 15.4 Å². The van der Waals surface area contributed by atoms with E-state index in [0.717, 1.165) is 22.0 Å². The lowest BCUT2D eigenvalue weighted by Gasteiger charge is -2.12. The van der Waals surface area contributed by atoms with Crippen molar-refractivity contribution in [2.24, 2.45) is 0 Å². The molecule has 8 nitrogen and oxygen atoms in total. The van der Waals surface area contributed by atoms with Gasteiger partial charge in [0, 0.05) is 36.3 Å². The molecule has 0 aliphatic heterocycles. The van der Waals surface area contributed by atoms with Crippen molar-refractivity contribution < 1.29 is 19.1 Å². The van der Waals surface area contributed by atoms with Gasteiger partial charge in [-0.05, 0) is 56.2 Å². The van der Waals surface area contributed by atoms with Crippen LogP contribution in [0.1, 0.15) is 23.3 Å². The molecule has 0 fully saturated rings. The summed E-state index contributed by atoms with van der Waals surface area (Å²) in [5.41, 5.74) is 2.97. The number of hydrogen-bond acceptors (Lipinski definition) is 6. The molecule has 0 bridgehead atoms. The molecular formula is C26H24N6O2. The minimum absolute atomic E-state index is 0.229. The van der Waals surface area contributed by atoms with Crippen molar-refractivity contribution in [2.45, 2.75) is 19.7 Å². The molecule has 0 saturated heterocycles. The maximum absolute atomic E-state index is 12.4. The standard InChI is InChI=1S/C26H24N6O2/c1-16(2)28-24(33)15-34-20-7-5-6-17(13-20)25-30-23-9-4-3-8-21(23)26(31-25)29-19-10-11-22-18(12-19)14-27-32-22/h3-14,16H,15H2,1-2H3,(H,27,32)(H,28,33)(H,29,30,31)/i1D3,2D3,16D. The van der Waals surface area contributed by atoms with E-state index < -0.39 is 32.2 Å².